The van der Waals surface area contributed by atoms with Crippen LogP contribution in [-0.4, -0.2) is 11.7 Å². The average Bonchev–Trinajstić information content (AvgIpc) is 2.13. The number of rotatable bonds is 2. The van der Waals surface area contributed by atoms with E-state index in [0.29, 0.717) is 10.0 Å². The lowest BCUT2D eigenvalue weighted by Gasteiger charge is -2.23. The van der Waals surface area contributed by atoms with Crippen LogP contribution in [0, 0.1) is 12.7 Å². The van der Waals surface area contributed by atoms with Gasteiger partial charge in [-0.2, -0.15) is 0 Å². The Kier molecular flexibility index (Phi) is 3.32. The molecule has 0 saturated heterocycles. The highest BCUT2D eigenvalue weighted by atomic mass is 79.9. The van der Waals surface area contributed by atoms with Crippen molar-refractivity contribution in [1.29, 1.82) is 0 Å². The third-order valence-corrected chi connectivity index (χ3v) is 2.96. The highest BCUT2D eigenvalue weighted by Gasteiger charge is 2.21. The molecular weight excluding hydrogens is 247 g/mol. The molecule has 0 atom stereocenters. The summed E-state index contributed by atoms with van der Waals surface area (Å²) < 4.78 is 13.7. The smallest absolute Gasteiger partial charge is 0.140 e. The summed E-state index contributed by atoms with van der Waals surface area (Å²) >= 11 is 3.16. The van der Waals surface area contributed by atoms with E-state index in [9.17, 15) is 9.50 Å². The second kappa shape index (κ2) is 3.99. The van der Waals surface area contributed by atoms with Crippen molar-refractivity contribution in [2.45, 2.75) is 26.2 Å². The summed E-state index contributed by atoms with van der Waals surface area (Å²) in [6.07, 6.45) is 0. The molecule has 1 rings (SSSR count). The van der Waals surface area contributed by atoms with Gasteiger partial charge in [0, 0.05) is 5.41 Å². The fourth-order valence-corrected chi connectivity index (χ4v) is 1.77. The first-order valence-corrected chi connectivity index (χ1v) is 5.25. The molecule has 0 aromatic heterocycles. The van der Waals surface area contributed by atoms with E-state index < -0.39 is 0 Å². The fraction of sp³-hybridized carbons (Fsp3) is 0.455. The summed E-state index contributed by atoms with van der Waals surface area (Å²) in [6, 6.07) is 3.49. The van der Waals surface area contributed by atoms with Crippen molar-refractivity contribution in [2.24, 2.45) is 0 Å². The molecule has 0 saturated carbocycles. The standard InChI is InChI=1S/C11H14BrFO/c1-7-4-8(11(2,3)6-14)5-9(12)10(7)13/h4-5,14H,6H2,1-3H3. The molecule has 0 heterocycles. The van der Waals surface area contributed by atoms with E-state index in [1.54, 1.807) is 19.1 Å². The lowest BCUT2D eigenvalue weighted by Crippen LogP contribution is -2.22. The zero-order valence-electron chi connectivity index (χ0n) is 8.56. The molecule has 1 aromatic carbocycles. The minimum absolute atomic E-state index is 0.0461. The molecule has 0 unspecified atom stereocenters. The summed E-state index contributed by atoms with van der Waals surface area (Å²) in [5.74, 6) is -0.234. The summed E-state index contributed by atoms with van der Waals surface area (Å²) in [5, 5.41) is 9.19. The number of hydrogen-bond acceptors (Lipinski definition) is 1. The van der Waals surface area contributed by atoms with Gasteiger partial charge in [0.25, 0.3) is 0 Å². The lowest BCUT2D eigenvalue weighted by atomic mass is 9.85. The SMILES string of the molecule is Cc1cc(C(C)(C)CO)cc(Br)c1F. The van der Waals surface area contributed by atoms with E-state index >= 15 is 0 Å². The predicted octanol–water partition coefficient (Wildman–Crippen LogP) is 3.17. The number of aliphatic hydroxyl groups is 1. The van der Waals surface area contributed by atoms with Crippen molar-refractivity contribution in [3.05, 3.63) is 33.5 Å². The fourth-order valence-electron chi connectivity index (χ4n) is 1.21. The van der Waals surface area contributed by atoms with Gasteiger partial charge in [0.1, 0.15) is 5.82 Å². The Labute approximate surface area is 92.1 Å². The molecule has 3 heteroatoms. The summed E-state index contributed by atoms with van der Waals surface area (Å²) in [4.78, 5) is 0. The summed E-state index contributed by atoms with van der Waals surface area (Å²) in [5.41, 5.74) is 1.20. The van der Waals surface area contributed by atoms with Crippen molar-refractivity contribution in [3.63, 3.8) is 0 Å². The van der Waals surface area contributed by atoms with Crippen molar-refractivity contribution in [1.82, 2.24) is 0 Å². The monoisotopic (exact) mass is 260 g/mol. The van der Waals surface area contributed by atoms with Gasteiger partial charge in [-0.1, -0.05) is 19.9 Å². The minimum Gasteiger partial charge on any atom is -0.395 e. The van der Waals surface area contributed by atoms with Crippen LogP contribution in [-0.2, 0) is 5.41 Å². The van der Waals surface area contributed by atoms with E-state index in [1.807, 2.05) is 13.8 Å². The highest BCUT2D eigenvalue weighted by molar-refractivity contribution is 9.10. The van der Waals surface area contributed by atoms with Crippen LogP contribution in [0.2, 0.25) is 0 Å². The molecule has 0 spiro atoms. The molecule has 0 amide bonds. The van der Waals surface area contributed by atoms with Crippen molar-refractivity contribution < 1.29 is 9.50 Å². The van der Waals surface area contributed by atoms with Crippen LogP contribution >= 0.6 is 15.9 Å². The van der Waals surface area contributed by atoms with Gasteiger partial charge in [0.15, 0.2) is 0 Å². The van der Waals surface area contributed by atoms with Crippen molar-refractivity contribution in [3.8, 4) is 0 Å². The van der Waals surface area contributed by atoms with Gasteiger partial charge in [0.05, 0.1) is 11.1 Å². The molecular formula is C11H14BrFO. The first-order chi connectivity index (χ1) is 6.38. The zero-order valence-corrected chi connectivity index (χ0v) is 10.2. The molecule has 78 valence electrons. The Morgan fingerprint density at radius 3 is 2.43 bits per heavy atom. The zero-order chi connectivity index (χ0) is 10.9. The van der Waals surface area contributed by atoms with E-state index in [0.717, 1.165) is 5.56 Å². The first-order valence-electron chi connectivity index (χ1n) is 4.45. The van der Waals surface area contributed by atoms with Crippen LogP contribution in [0.25, 0.3) is 0 Å². The van der Waals surface area contributed by atoms with Crippen molar-refractivity contribution >= 4 is 15.9 Å². The third-order valence-electron chi connectivity index (χ3n) is 2.39. The maximum absolute atomic E-state index is 13.3. The molecule has 14 heavy (non-hydrogen) atoms. The number of hydrogen-bond donors (Lipinski definition) is 1. The second-order valence-corrected chi connectivity index (χ2v) is 4.99. The van der Waals surface area contributed by atoms with E-state index in [-0.39, 0.29) is 17.8 Å². The summed E-state index contributed by atoms with van der Waals surface area (Å²) in [7, 11) is 0. The molecule has 1 aromatic rings. The van der Waals surface area contributed by atoms with Crippen LogP contribution in [0.4, 0.5) is 4.39 Å². The van der Waals surface area contributed by atoms with Crippen molar-refractivity contribution in [2.75, 3.05) is 6.61 Å². The van der Waals surface area contributed by atoms with Crippen LogP contribution in [0.15, 0.2) is 16.6 Å². The number of benzene rings is 1. The molecule has 1 N–H and O–H groups in total. The molecule has 0 aliphatic carbocycles. The quantitative estimate of drug-likeness (QED) is 0.866. The average molecular weight is 261 g/mol. The Balaban J connectivity index is 3.26. The van der Waals surface area contributed by atoms with Crippen LogP contribution in [0.5, 0.6) is 0 Å². The molecule has 0 aliphatic rings. The Bertz CT molecular complexity index is 324. The molecule has 0 bridgehead atoms. The number of aryl methyl sites for hydroxylation is 1. The van der Waals surface area contributed by atoms with Gasteiger partial charge in [-0.25, -0.2) is 4.39 Å². The molecule has 0 radical (unpaired) electrons. The topological polar surface area (TPSA) is 20.2 Å². The lowest BCUT2D eigenvalue weighted by molar-refractivity contribution is 0.218. The minimum atomic E-state index is -0.332. The first kappa shape index (κ1) is 11.7. The number of aliphatic hydroxyl groups excluding tert-OH is 1. The Morgan fingerprint density at radius 1 is 1.43 bits per heavy atom. The Hall–Kier alpha value is -0.410. The van der Waals surface area contributed by atoms with E-state index in [1.165, 1.54) is 0 Å². The van der Waals surface area contributed by atoms with E-state index in [2.05, 4.69) is 15.9 Å². The van der Waals surface area contributed by atoms with Crippen LogP contribution in [0.3, 0.4) is 0 Å². The van der Waals surface area contributed by atoms with Gasteiger partial charge in [-0.05, 0) is 40.0 Å². The normalized spacial score (nSPS) is 11.9. The second-order valence-electron chi connectivity index (χ2n) is 4.13. The van der Waals surface area contributed by atoms with Crippen LogP contribution < -0.4 is 0 Å². The predicted molar refractivity (Wildman–Crippen MR) is 58.9 cm³/mol. The molecule has 0 fully saturated rings. The molecule has 1 nitrogen and oxygen atoms in total. The van der Waals surface area contributed by atoms with Gasteiger partial charge in [-0.15, -0.1) is 0 Å². The van der Waals surface area contributed by atoms with Gasteiger partial charge in [0.2, 0.25) is 0 Å². The van der Waals surface area contributed by atoms with Gasteiger partial charge >= 0.3 is 0 Å². The van der Waals surface area contributed by atoms with Gasteiger partial charge in [-0.3, -0.25) is 0 Å². The summed E-state index contributed by atoms with van der Waals surface area (Å²) in [6.45, 7) is 5.61. The highest BCUT2D eigenvalue weighted by Crippen LogP contribution is 2.28. The Morgan fingerprint density at radius 2 is 2.00 bits per heavy atom. The van der Waals surface area contributed by atoms with E-state index in [4.69, 9.17) is 0 Å². The van der Waals surface area contributed by atoms with Crippen LogP contribution in [0.1, 0.15) is 25.0 Å². The third kappa shape index (κ3) is 2.15. The maximum atomic E-state index is 13.3. The largest absolute Gasteiger partial charge is 0.395 e. The van der Waals surface area contributed by atoms with Gasteiger partial charge < -0.3 is 5.11 Å². The molecule has 0 aliphatic heterocycles. The maximum Gasteiger partial charge on any atom is 0.140 e. The number of halogens is 2.